The number of nitrogens with zero attached hydrogens (tertiary/aromatic N) is 2. The van der Waals surface area contributed by atoms with Crippen LogP contribution in [0, 0.1) is 18.8 Å². The Morgan fingerprint density at radius 3 is 2.56 bits per heavy atom. The second-order valence-electron chi connectivity index (χ2n) is 8.16. The van der Waals surface area contributed by atoms with E-state index in [1.165, 1.54) is 12.8 Å². The number of hydrogen-bond acceptors (Lipinski definition) is 3. The molecule has 1 atom stereocenters. The highest BCUT2D eigenvalue weighted by molar-refractivity contribution is 5.94. The fourth-order valence-corrected chi connectivity index (χ4v) is 4.32. The Kier molecular flexibility index (Phi) is 6.89. The Morgan fingerprint density at radius 2 is 1.81 bits per heavy atom. The molecular weight excluding hydrogens is 338 g/mol. The van der Waals surface area contributed by atoms with E-state index in [-0.39, 0.29) is 11.8 Å². The third kappa shape index (κ3) is 5.32. The van der Waals surface area contributed by atoms with Crippen LogP contribution < -0.4 is 5.32 Å². The van der Waals surface area contributed by atoms with Gasteiger partial charge in [0.25, 0.3) is 5.91 Å². The molecular formula is C22H33N3O2. The summed E-state index contributed by atoms with van der Waals surface area (Å²) < 4.78 is 0. The lowest BCUT2D eigenvalue weighted by atomic mass is 9.84. The van der Waals surface area contributed by atoms with Crippen molar-refractivity contribution in [3.8, 4) is 0 Å². The topological polar surface area (TPSA) is 52.7 Å². The number of amides is 2. The number of carbonyl (C=O) groups is 2. The zero-order chi connectivity index (χ0) is 19.2. The first-order valence-electron chi connectivity index (χ1n) is 10.4. The minimum Gasteiger partial charge on any atom is -0.341 e. The molecule has 0 aliphatic carbocycles. The summed E-state index contributed by atoms with van der Waals surface area (Å²) in [5.74, 6) is 1.43. The van der Waals surface area contributed by atoms with Crippen molar-refractivity contribution in [3.05, 3.63) is 35.4 Å². The molecule has 5 nitrogen and oxygen atoms in total. The van der Waals surface area contributed by atoms with Crippen molar-refractivity contribution in [1.82, 2.24) is 15.1 Å². The van der Waals surface area contributed by atoms with Gasteiger partial charge in [-0.15, -0.1) is 0 Å². The summed E-state index contributed by atoms with van der Waals surface area (Å²) >= 11 is 0. The van der Waals surface area contributed by atoms with E-state index in [1.807, 2.05) is 41.0 Å². The molecule has 0 spiro atoms. The normalized spacial score (nSPS) is 20.2. The molecule has 2 aliphatic heterocycles. The van der Waals surface area contributed by atoms with Crippen LogP contribution in [0.15, 0.2) is 24.3 Å². The van der Waals surface area contributed by atoms with Crippen molar-refractivity contribution in [2.75, 3.05) is 39.3 Å². The first-order valence-corrected chi connectivity index (χ1v) is 10.4. The first kappa shape index (κ1) is 19.9. The lowest BCUT2D eigenvalue weighted by molar-refractivity contribution is -0.132. The van der Waals surface area contributed by atoms with E-state index in [0.29, 0.717) is 31.3 Å². The Balaban J connectivity index is 1.53. The summed E-state index contributed by atoms with van der Waals surface area (Å²) in [5, 5.41) is 3.39. The zero-order valence-electron chi connectivity index (χ0n) is 16.7. The van der Waals surface area contributed by atoms with E-state index < -0.39 is 0 Å². The van der Waals surface area contributed by atoms with Gasteiger partial charge in [-0.25, -0.2) is 0 Å². The third-order valence-corrected chi connectivity index (χ3v) is 6.09. The van der Waals surface area contributed by atoms with Crippen LogP contribution >= 0.6 is 0 Å². The summed E-state index contributed by atoms with van der Waals surface area (Å²) in [6.07, 6.45) is 3.84. The fraction of sp³-hybridized carbons (Fsp3) is 0.636. The van der Waals surface area contributed by atoms with Gasteiger partial charge in [-0.3, -0.25) is 9.59 Å². The Labute approximate surface area is 163 Å². The van der Waals surface area contributed by atoms with Crippen LogP contribution in [0.1, 0.15) is 48.5 Å². The van der Waals surface area contributed by atoms with Crippen LogP contribution in [0.3, 0.4) is 0 Å². The number of carbonyl (C=O) groups excluding carboxylic acids is 2. The molecule has 2 aliphatic rings. The average molecular weight is 372 g/mol. The van der Waals surface area contributed by atoms with Crippen molar-refractivity contribution < 1.29 is 9.59 Å². The molecule has 27 heavy (non-hydrogen) atoms. The summed E-state index contributed by atoms with van der Waals surface area (Å²) in [6, 6.07) is 7.75. The highest BCUT2D eigenvalue weighted by Crippen LogP contribution is 2.25. The van der Waals surface area contributed by atoms with Crippen molar-refractivity contribution in [1.29, 1.82) is 0 Å². The Hall–Kier alpha value is -1.88. The molecule has 1 unspecified atom stereocenters. The van der Waals surface area contributed by atoms with E-state index >= 15 is 0 Å². The molecule has 5 heteroatoms. The molecule has 1 N–H and O–H groups in total. The quantitative estimate of drug-likeness (QED) is 0.885. The minimum absolute atomic E-state index is 0.0797. The zero-order valence-corrected chi connectivity index (χ0v) is 16.7. The maximum Gasteiger partial charge on any atom is 0.253 e. The summed E-state index contributed by atoms with van der Waals surface area (Å²) in [5.41, 5.74) is 1.84. The molecule has 2 amide bonds. The van der Waals surface area contributed by atoms with E-state index in [4.69, 9.17) is 0 Å². The van der Waals surface area contributed by atoms with Crippen LogP contribution in [0.25, 0.3) is 0 Å². The van der Waals surface area contributed by atoms with Crippen molar-refractivity contribution in [2.24, 2.45) is 11.8 Å². The smallest absolute Gasteiger partial charge is 0.253 e. The largest absolute Gasteiger partial charge is 0.341 e. The van der Waals surface area contributed by atoms with Crippen LogP contribution in [0.4, 0.5) is 0 Å². The molecule has 2 heterocycles. The average Bonchev–Trinajstić information content (AvgIpc) is 2.94. The van der Waals surface area contributed by atoms with Crippen molar-refractivity contribution >= 4 is 11.8 Å². The number of piperidine rings is 1. The maximum absolute atomic E-state index is 12.8. The summed E-state index contributed by atoms with van der Waals surface area (Å²) in [4.78, 5) is 29.5. The number of hydrogen-bond donors (Lipinski definition) is 1. The number of benzene rings is 1. The second kappa shape index (κ2) is 9.36. The number of rotatable bonds is 4. The van der Waals surface area contributed by atoms with Gasteiger partial charge in [-0.05, 0) is 63.2 Å². The first-order chi connectivity index (χ1) is 13.0. The molecule has 2 saturated heterocycles. The predicted molar refractivity (Wildman–Crippen MR) is 108 cm³/mol. The SMILES string of the molecule is Cc1cccc(C(=O)N2CCCN(C(=O)CC(C)C3CCNCC3)CC2)c1. The number of nitrogens with one attached hydrogen (secondary N) is 1. The molecule has 0 saturated carbocycles. The van der Waals surface area contributed by atoms with Crippen molar-refractivity contribution in [3.63, 3.8) is 0 Å². The van der Waals surface area contributed by atoms with Gasteiger partial charge < -0.3 is 15.1 Å². The van der Waals surface area contributed by atoms with E-state index in [9.17, 15) is 9.59 Å². The van der Waals surface area contributed by atoms with Crippen LogP contribution in [0.2, 0.25) is 0 Å². The second-order valence-corrected chi connectivity index (χ2v) is 8.16. The standard InChI is InChI=1S/C22H33N3O2/c1-17-5-3-6-20(15-17)22(27)25-12-4-11-24(13-14-25)21(26)16-18(2)19-7-9-23-10-8-19/h3,5-6,15,18-19,23H,4,7-14,16H2,1-2H3. The molecule has 0 radical (unpaired) electrons. The predicted octanol–water partition coefficient (Wildman–Crippen LogP) is 2.70. The Bertz CT molecular complexity index is 655. The van der Waals surface area contributed by atoms with Gasteiger partial charge in [0, 0.05) is 38.2 Å². The van der Waals surface area contributed by atoms with Gasteiger partial charge in [-0.1, -0.05) is 24.6 Å². The van der Waals surface area contributed by atoms with Gasteiger partial charge in [0.2, 0.25) is 5.91 Å². The molecule has 2 fully saturated rings. The lowest BCUT2D eigenvalue weighted by Crippen LogP contribution is -2.39. The Morgan fingerprint density at radius 1 is 1.11 bits per heavy atom. The van der Waals surface area contributed by atoms with Crippen LogP contribution in [0.5, 0.6) is 0 Å². The lowest BCUT2D eigenvalue weighted by Gasteiger charge is -2.30. The minimum atomic E-state index is 0.0797. The third-order valence-electron chi connectivity index (χ3n) is 6.09. The molecule has 148 valence electrons. The highest BCUT2D eigenvalue weighted by Gasteiger charge is 2.26. The number of aryl methyl sites for hydroxylation is 1. The fourth-order valence-electron chi connectivity index (χ4n) is 4.32. The van der Waals surface area contributed by atoms with E-state index in [2.05, 4.69) is 12.2 Å². The van der Waals surface area contributed by atoms with Gasteiger partial charge in [0.1, 0.15) is 0 Å². The van der Waals surface area contributed by atoms with Gasteiger partial charge in [0.05, 0.1) is 0 Å². The molecule has 3 rings (SSSR count). The maximum atomic E-state index is 12.8. The van der Waals surface area contributed by atoms with Crippen LogP contribution in [-0.4, -0.2) is 60.9 Å². The van der Waals surface area contributed by atoms with Crippen molar-refractivity contribution in [2.45, 2.75) is 39.5 Å². The van der Waals surface area contributed by atoms with Gasteiger partial charge in [0.15, 0.2) is 0 Å². The molecule has 0 aromatic heterocycles. The highest BCUT2D eigenvalue weighted by atomic mass is 16.2. The van der Waals surface area contributed by atoms with Gasteiger partial charge >= 0.3 is 0 Å². The van der Waals surface area contributed by atoms with E-state index in [1.54, 1.807) is 0 Å². The summed E-state index contributed by atoms with van der Waals surface area (Å²) in [6.45, 7) is 9.12. The summed E-state index contributed by atoms with van der Waals surface area (Å²) in [7, 11) is 0. The van der Waals surface area contributed by atoms with Gasteiger partial charge in [-0.2, -0.15) is 0 Å². The monoisotopic (exact) mass is 371 g/mol. The molecule has 0 bridgehead atoms. The van der Waals surface area contributed by atoms with Crippen LogP contribution in [-0.2, 0) is 4.79 Å². The van der Waals surface area contributed by atoms with E-state index in [0.717, 1.165) is 43.7 Å². The molecule has 1 aromatic carbocycles. The molecule has 1 aromatic rings.